The van der Waals surface area contributed by atoms with Gasteiger partial charge in [0.1, 0.15) is 5.56 Å². The molecule has 0 aromatic rings. The van der Waals surface area contributed by atoms with Crippen LogP contribution in [0.4, 0.5) is 0 Å². The number of halogens is 1. The lowest BCUT2D eigenvalue weighted by atomic mass is 10.3. The average molecular weight is 153 g/mol. The molecule has 0 bridgehead atoms. The standard InChI is InChI=1S/C6H13ClO2/c1-3-9-6(7)4-5(2)8/h5-6,8H,3-4H2,1-2H3. The van der Waals surface area contributed by atoms with E-state index in [1.165, 1.54) is 0 Å². The number of aliphatic hydroxyl groups excluding tert-OH is 1. The predicted octanol–water partition coefficient (Wildman–Crippen LogP) is 1.36. The van der Waals surface area contributed by atoms with E-state index in [9.17, 15) is 0 Å². The number of aliphatic hydroxyl groups is 1. The van der Waals surface area contributed by atoms with Crippen molar-refractivity contribution in [1.82, 2.24) is 0 Å². The Labute approximate surface area is 60.8 Å². The van der Waals surface area contributed by atoms with Crippen LogP contribution < -0.4 is 0 Å². The van der Waals surface area contributed by atoms with Gasteiger partial charge in [0, 0.05) is 13.0 Å². The van der Waals surface area contributed by atoms with Gasteiger partial charge in [0.05, 0.1) is 6.10 Å². The maximum Gasteiger partial charge on any atom is 0.133 e. The Morgan fingerprint density at radius 1 is 1.67 bits per heavy atom. The smallest absolute Gasteiger partial charge is 0.133 e. The van der Waals surface area contributed by atoms with E-state index in [1.807, 2.05) is 6.92 Å². The molecule has 0 radical (unpaired) electrons. The number of alkyl halides is 1. The molecule has 0 aromatic carbocycles. The molecule has 2 unspecified atom stereocenters. The molecule has 3 heteroatoms. The quantitative estimate of drug-likeness (QED) is 0.617. The lowest BCUT2D eigenvalue weighted by Crippen LogP contribution is -2.12. The highest BCUT2D eigenvalue weighted by molar-refractivity contribution is 6.19. The molecule has 0 aromatic heterocycles. The summed E-state index contributed by atoms with van der Waals surface area (Å²) in [6.07, 6.45) is 0.120. The second-order valence-corrected chi connectivity index (χ2v) is 2.44. The number of ether oxygens (including phenoxy) is 1. The van der Waals surface area contributed by atoms with Crippen LogP contribution in [0.25, 0.3) is 0 Å². The van der Waals surface area contributed by atoms with Gasteiger partial charge in [0.2, 0.25) is 0 Å². The fourth-order valence-corrected chi connectivity index (χ4v) is 0.901. The summed E-state index contributed by atoms with van der Waals surface area (Å²) in [5, 5.41) is 8.78. The summed E-state index contributed by atoms with van der Waals surface area (Å²) < 4.78 is 4.96. The molecule has 0 heterocycles. The molecule has 9 heavy (non-hydrogen) atoms. The van der Waals surface area contributed by atoms with E-state index in [-0.39, 0.29) is 11.7 Å². The van der Waals surface area contributed by atoms with Crippen LogP contribution in [0.3, 0.4) is 0 Å². The molecule has 56 valence electrons. The zero-order valence-electron chi connectivity index (χ0n) is 5.80. The summed E-state index contributed by atoms with van der Waals surface area (Å²) >= 11 is 5.59. The second-order valence-electron chi connectivity index (χ2n) is 1.95. The topological polar surface area (TPSA) is 29.5 Å². The molecule has 0 amide bonds. The highest BCUT2D eigenvalue weighted by atomic mass is 35.5. The molecule has 0 fully saturated rings. The van der Waals surface area contributed by atoms with Crippen LogP contribution in [0.2, 0.25) is 0 Å². The Hall–Kier alpha value is 0.210. The van der Waals surface area contributed by atoms with Gasteiger partial charge in [-0.3, -0.25) is 0 Å². The average Bonchev–Trinajstić information content (AvgIpc) is 1.63. The van der Waals surface area contributed by atoms with Crippen LogP contribution in [0.1, 0.15) is 20.3 Å². The normalized spacial score (nSPS) is 17.3. The van der Waals surface area contributed by atoms with E-state index in [0.717, 1.165) is 0 Å². The van der Waals surface area contributed by atoms with E-state index in [4.69, 9.17) is 21.4 Å². The summed E-state index contributed by atoms with van der Waals surface area (Å²) in [7, 11) is 0. The van der Waals surface area contributed by atoms with Crippen molar-refractivity contribution in [1.29, 1.82) is 0 Å². The minimum atomic E-state index is -0.376. The lowest BCUT2D eigenvalue weighted by Gasteiger charge is -2.10. The molecule has 0 saturated carbocycles. The third-order valence-corrected chi connectivity index (χ3v) is 1.18. The Morgan fingerprint density at radius 2 is 2.22 bits per heavy atom. The van der Waals surface area contributed by atoms with Gasteiger partial charge in [-0.15, -0.1) is 0 Å². The first kappa shape index (κ1) is 9.21. The zero-order valence-corrected chi connectivity index (χ0v) is 6.56. The number of hydrogen-bond acceptors (Lipinski definition) is 2. The SMILES string of the molecule is CCOC(Cl)CC(C)O. The molecule has 0 saturated heterocycles. The van der Waals surface area contributed by atoms with Crippen molar-refractivity contribution in [2.45, 2.75) is 31.9 Å². The van der Waals surface area contributed by atoms with Crippen molar-refractivity contribution < 1.29 is 9.84 Å². The maximum atomic E-state index is 8.78. The molecule has 2 atom stereocenters. The van der Waals surface area contributed by atoms with E-state index in [1.54, 1.807) is 6.92 Å². The van der Waals surface area contributed by atoms with Gasteiger partial charge < -0.3 is 9.84 Å². The molecule has 2 nitrogen and oxygen atoms in total. The Morgan fingerprint density at radius 3 is 2.56 bits per heavy atom. The Bertz CT molecular complexity index is 66.1. The summed E-state index contributed by atoms with van der Waals surface area (Å²) in [4.78, 5) is 0. The van der Waals surface area contributed by atoms with Crippen LogP contribution in [-0.2, 0) is 4.74 Å². The van der Waals surface area contributed by atoms with Crippen molar-refractivity contribution in [2.24, 2.45) is 0 Å². The molecule has 0 aliphatic rings. The van der Waals surface area contributed by atoms with Crippen LogP contribution in [0, 0.1) is 0 Å². The molecule has 0 spiro atoms. The first-order chi connectivity index (χ1) is 4.16. The van der Waals surface area contributed by atoms with E-state index < -0.39 is 0 Å². The number of hydrogen-bond donors (Lipinski definition) is 1. The van der Waals surface area contributed by atoms with Crippen LogP contribution in [0.15, 0.2) is 0 Å². The molecule has 1 N–H and O–H groups in total. The predicted molar refractivity (Wildman–Crippen MR) is 37.6 cm³/mol. The molecular formula is C6H13ClO2. The zero-order chi connectivity index (χ0) is 7.28. The van der Waals surface area contributed by atoms with Gasteiger partial charge in [0.25, 0.3) is 0 Å². The van der Waals surface area contributed by atoms with Crippen molar-refractivity contribution in [3.05, 3.63) is 0 Å². The fraction of sp³-hybridized carbons (Fsp3) is 1.00. The van der Waals surface area contributed by atoms with Gasteiger partial charge >= 0.3 is 0 Å². The lowest BCUT2D eigenvalue weighted by molar-refractivity contribution is 0.0722. The van der Waals surface area contributed by atoms with Crippen molar-refractivity contribution in [2.75, 3.05) is 6.61 Å². The van der Waals surface area contributed by atoms with Gasteiger partial charge in [-0.2, -0.15) is 0 Å². The molecular weight excluding hydrogens is 140 g/mol. The van der Waals surface area contributed by atoms with Crippen molar-refractivity contribution in [3.8, 4) is 0 Å². The Balaban J connectivity index is 3.15. The summed E-state index contributed by atoms with van der Waals surface area (Å²) in [5.41, 5.74) is -0.338. The largest absolute Gasteiger partial charge is 0.393 e. The Kier molecular flexibility index (Phi) is 5.15. The summed E-state index contributed by atoms with van der Waals surface area (Å²) in [6.45, 7) is 4.16. The van der Waals surface area contributed by atoms with Gasteiger partial charge in [0.15, 0.2) is 0 Å². The van der Waals surface area contributed by atoms with Crippen LogP contribution in [0.5, 0.6) is 0 Å². The van der Waals surface area contributed by atoms with E-state index in [0.29, 0.717) is 13.0 Å². The molecule has 0 aliphatic carbocycles. The van der Waals surface area contributed by atoms with Gasteiger partial charge in [-0.1, -0.05) is 11.6 Å². The van der Waals surface area contributed by atoms with E-state index in [2.05, 4.69) is 0 Å². The fourth-order valence-electron chi connectivity index (χ4n) is 0.517. The third kappa shape index (κ3) is 6.09. The minimum Gasteiger partial charge on any atom is -0.393 e. The highest BCUT2D eigenvalue weighted by Gasteiger charge is 2.05. The number of rotatable bonds is 4. The molecule has 0 aliphatic heterocycles. The third-order valence-electron chi connectivity index (χ3n) is 0.874. The summed E-state index contributed by atoms with van der Waals surface area (Å²) in [6, 6.07) is 0. The highest BCUT2D eigenvalue weighted by Crippen LogP contribution is 2.06. The van der Waals surface area contributed by atoms with Crippen molar-refractivity contribution in [3.63, 3.8) is 0 Å². The van der Waals surface area contributed by atoms with Crippen LogP contribution >= 0.6 is 11.6 Å². The monoisotopic (exact) mass is 152 g/mol. The first-order valence-electron chi connectivity index (χ1n) is 3.10. The second kappa shape index (κ2) is 5.03. The van der Waals surface area contributed by atoms with Gasteiger partial charge in [-0.25, -0.2) is 0 Å². The maximum absolute atomic E-state index is 8.78. The minimum absolute atomic E-state index is 0.338. The first-order valence-corrected chi connectivity index (χ1v) is 3.54. The van der Waals surface area contributed by atoms with E-state index >= 15 is 0 Å². The van der Waals surface area contributed by atoms with Crippen LogP contribution in [-0.4, -0.2) is 23.4 Å². The summed E-state index contributed by atoms with van der Waals surface area (Å²) in [5.74, 6) is 0. The van der Waals surface area contributed by atoms with Gasteiger partial charge in [-0.05, 0) is 13.8 Å². The molecule has 0 rings (SSSR count). The van der Waals surface area contributed by atoms with Crippen molar-refractivity contribution >= 4 is 11.6 Å².